The lowest BCUT2D eigenvalue weighted by Crippen LogP contribution is -2.43. The Morgan fingerprint density at radius 3 is 3.18 bits per heavy atom. The number of aromatic nitrogens is 2. The van der Waals surface area contributed by atoms with Crippen molar-refractivity contribution < 1.29 is 14.3 Å². The molecule has 4 heterocycles. The summed E-state index contributed by atoms with van der Waals surface area (Å²) in [7, 11) is 0. The highest BCUT2D eigenvalue weighted by atomic mass is 35.5. The van der Waals surface area contributed by atoms with Crippen LogP contribution < -0.4 is 15.5 Å². The summed E-state index contributed by atoms with van der Waals surface area (Å²) in [5.74, 6) is 1.39. The van der Waals surface area contributed by atoms with E-state index in [1.165, 1.54) is 0 Å². The van der Waals surface area contributed by atoms with Crippen LogP contribution in [0.15, 0.2) is 23.3 Å². The molecule has 2 N–H and O–H groups in total. The molecule has 1 unspecified atom stereocenters. The Hall–Kier alpha value is -2.58. The highest BCUT2D eigenvalue weighted by Crippen LogP contribution is 2.29. The van der Waals surface area contributed by atoms with Crippen LogP contribution >= 0.6 is 11.6 Å². The minimum atomic E-state index is -0.204. The number of imidazole rings is 1. The molecule has 28 heavy (non-hydrogen) atoms. The molecule has 5 rings (SSSR count). The molecule has 2 aromatic rings. The molecular formula is C19H20ClN5O3. The molecule has 3 aliphatic rings. The molecular weight excluding hydrogens is 382 g/mol. The summed E-state index contributed by atoms with van der Waals surface area (Å²) in [6, 6.07) is 5.35. The van der Waals surface area contributed by atoms with Crippen LogP contribution in [-0.4, -0.2) is 40.9 Å². The number of amides is 1. The van der Waals surface area contributed by atoms with Crippen molar-refractivity contribution in [1.82, 2.24) is 20.3 Å². The summed E-state index contributed by atoms with van der Waals surface area (Å²) < 4.78 is 13.4. The third-order valence-corrected chi connectivity index (χ3v) is 5.48. The lowest BCUT2D eigenvalue weighted by Gasteiger charge is -2.26. The van der Waals surface area contributed by atoms with Crippen molar-refractivity contribution in [2.75, 3.05) is 13.2 Å². The molecule has 0 aliphatic carbocycles. The number of hydrogen-bond donors (Lipinski definition) is 2. The Morgan fingerprint density at radius 1 is 1.39 bits per heavy atom. The SMILES string of the molecule is O=C(N[C@H]1COc2ccc(Cl)cc2C1)c1nc2n(c1C1CC=NN1)CCOC2. The average Bonchev–Trinajstić information content (AvgIpc) is 3.35. The molecule has 0 radical (unpaired) electrons. The fraction of sp³-hybridized carbons (Fsp3) is 0.421. The van der Waals surface area contributed by atoms with Crippen LogP contribution in [0.2, 0.25) is 5.02 Å². The van der Waals surface area contributed by atoms with Gasteiger partial charge in [0.05, 0.1) is 24.4 Å². The minimum Gasteiger partial charge on any atom is -0.491 e. The summed E-state index contributed by atoms with van der Waals surface area (Å²) >= 11 is 6.09. The zero-order valence-electron chi connectivity index (χ0n) is 15.2. The van der Waals surface area contributed by atoms with Gasteiger partial charge in [-0.05, 0) is 30.2 Å². The molecule has 1 amide bonds. The van der Waals surface area contributed by atoms with E-state index in [-0.39, 0.29) is 18.0 Å². The Kier molecular flexibility index (Phi) is 4.44. The van der Waals surface area contributed by atoms with E-state index in [0.717, 1.165) is 29.3 Å². The smallest absolute Gasteiger partial charge is 0.272 e. The Balaban J connectivity index is 1.39. The van der Waals surface area contributed by atoms with Gasteiger partial charge in [-0.1, -0.05) is 11.6 Å². The summed E-state index contributed by atoms with van der Waals surface area (Å²) in [6.07, 6.45) is 3.21. The first-order valence-electron chi connectivity index (χ1n) is 9.35. The zero-order valence-corrected chi connectivity index (χ0v) is 15.9. The van der Waals surface area contributed by atoms with Gasteiger partial charge in [-0.15, -0.1) is 0 Å². The van der Waals surface area contributed by atoms with Gasteiger partial charge in [0.2, 0.25) is 0 Å². The predicted octanol–water partition coefficient (Wildman–Crippen LogP) is 1.82. The molecule has 0 saturated carbocycles. The van der Waals surface area contributed by atoms with Crippen molar-refractivity contribution >= 4 is 23.7 Å². The molecule has 1 aromatic carbocycles. The Labute approximate surface area is 166 Å². The molecule has 8 nitrogen and oxygen atoms in total. The molecule has 2 atom stereocenters. The highest BCUT2D eigenvalue weighted by Gasteiger charge is 2.32. The van der Waals surface area contributed by atoms with Gasteiger partial charge in [0.1, 0.15) is 24.8 Å². The van der Waals surface area contributed by atoms with Crippen LogP contribution in [0.5, 0.6) is 5.75 Å². The number of carbonyl (C=O) groups is 1. The number of nitrogens with one attached hydrogen (secondary N) is 2. The van der Waals surface area contributed by atoms with Gasteiger partial charge < -0.3 is 24.8 Å². The first-order chi connectivity index (χ1) is 13.7. The van der Waals surface area contributed by atoms with Gasteiger partial charge in [0.25, 0.3) is 5.91 Å². The number of carbonyl (C=O) groups excluding carboxylic acids is 1. The number of benzene rings is 1. The maximum absolute atomic E-state index is 13.1. The molecule has 3 aliphatic heterocycles. The minimum absolute atomic E-state index is 0.0535. The molecule has 0 bridgehead atoms. The molecule has 0 saturated heterocycles. The number of ether oxygens (including phenoxy) is 2. The molecule has 0 fully saturated rings. The first kappa shape index (κ1) is 17.5. The maximum atomic E-state index is 13.1. The van der Waals surface area contributed by atoms with E-state index in [4.69, 9.17) is 21.1 Å². The lowest BCUT2D eigenvalue weighted by molar-refractivity contribution is 0.0801. The standard InChI is InChI=1S/C19H20ClN5O3/c20-12-1-2-15-11(7-12)8-13(9-28-15)22-19(26)17-18(14-3-4-21-24-14)25-5-6-27-10-16(25)23-17/h1-2,4,7,13-14,24H,3,5-6,8-10H2,(H,22,26)/t13-,14?/m1/s1. The monoisotopic (exact) mass is 401 g/mol. The van der Waals surface area contributed by atoms with Gasteiger partial charge in [-0.2, -0.15) is 5.10 Å². The van der Waals surface area contributed by atoms with E-state index in [0.29, 0.717) is 43.5 Å². The maximum Gasteiger partial charge on any atom is 0.272 e. The van der Waals surface area contributed by atoms with Crippen LogP contribution in [0.4, 0.5) is 0 Å². The second-order valence-electron chi connectivity index (χ2n) is 7.13. The van der Waals surface area contributed by atoms with Crippen molar-refractivity contribution in [1.29, 1.82) is 0 Å². The van der Waals surface area contributed by atoms with Gasteiger partial charge in [0, 0.05) is 24.2 Å². The topological polar surface area (TPSA) is 89.8 Å². The summed E-state index contributed by atoms with van der Waals surface area (Å²) in [5.41, 5.74) is 5.37. The van der Waals surface area contributed by atoms with E-state index in [9.17, 15) is 4.79 Å². The van der Waals surface area contributed by atoms with Crippen LogP contribution in [0.25, 0.3) is 0 Å². The fourth-order valence-corrected chi connectivity index (χ4v) is 4.14. The number of nitrogens with zero attached hydrogens (tertiary/aromatic N) is 3. The number of halogens is 1. The largest absolute Gasteiger partial charge is 0.491 e. The quantitative estimate of drug-likeness (QED) is 0.818. The number of hydrogen-bond acceptors (Lipinski definition) is 6. The normalized spacial score (nSPS) is 22.8. The van der Waals surface area contributed by atoms with Crippen molar-refractivity contribution in [3.63, 3.8) is 0 Å². The van der Waals surface area contributed by atoms with Crippen molar-refractivity contribution in [3.8, 4) is 5.75 Å². The summed E-state index contributed by atoms with van der Waals surface area (Å²) in [6.45, 7) is 2.12. The van der Waals surface area contributed by atoms with Crippen molar-refractivity contribution in [2.45, 2.75) is 38.1 Å². The van der Waals surface area contributed by atoms with Crippen molar-refractivity contribution in [3.05, 3.63) is 46.0 Å². The third kappa shape index (κ3) is 3.12. The highest BCUT2D eigenvalue weighted by molar-refractivity contribution is 6.30. The zero-order chi connectivity index (χ0) is 19.1. The lowest BCUT2D eigenvalue weighted by atomic mass is 10.0. The van der Waals surface area contributed by atoms with Gasteiger partial charge in [0.15, 0.2) is 5.69 Å². The number of rotatable bonds is 3. The second kappa shape index (κ2) is 7.10. The number of hydrazone groups is 1. The van der Waals surface area contributed by atoms with Gasteiger partial charge in [-0.25, -0.2) is 4.98 Å². The van der Waals surface area contributed by atoms with Crippen LogP contribution in [0.3, 0.4) is 0 Å². The second-order valence-corrected chi connectivity index (χ2v) is 7.57. The van der Waals surface area contributed by atoms with E-state index in [1.807, 2.05) is 18.3 Å². The predicted molar refractivity (Wildman–Crippen MR) is 103 cm³/mol. The van der Waals surface area contributed by atoms with Crippen LogP contribution in [0.1, 0.15) is 40.0 Å². The van der Waals surface area contributed by atoms with Gasteiger partial charge in [-0.3, -0.25) is 4.79 Å². The van der Waals surface area contributed by atoms with Crippen LogP contribution in [0, 0.1) is 0 Å². The molecule has 146 valence electrons. The molecule has 0 spiro atoms. The van der Waals surface area contributed by atoms with E-state index >= 15 is 0 Å². The van der Waals surface area contributed by atoms with Crippen LogP contribution in [-0.2, 0) is 24.3 Å². The van der Waals surface area contributed by atoms with E-state index in [1.54, 1.807) is 6.07 Å². The fourth-order valence-electron chi connectivity index (χ4n) is 3.95. The van der Waals surface area contributed by atoms with Gasteiger partial charge >= 0.3 is 0 Å². The Morgan fingerprint density at radius 2 is 2.32 bits per heavy atom. The Bertz CT molecular complexity index is 949. The number of fused-ring (bicyclic) bond motifs is 2. The summed E-state index contributed by atoms with van der Waals surface area (Å²) in [4.78, 5) is 17.7. The molecule has 1 aromatic heterocycles. The average molecular weight is 402 g/mol. The molecule has 9 heteroatoms. The van der Waals surface area contributed by atoms with E-state index < -0.39 is 0 Å². The third-order valence-electron chi connectivity index (χ3n) is 5.25. The first-order valence-corrected chi connectivity index (χ1v) is 9.73. The summed E-state index contributed by atoms with van der Waals surface area (Å²) in [5, 5.41) is 7.84. The van der Waals surface area contributed by atoms with E-state index in [2.05, 4.69) is 25.4 Å². The van der Waals surface area contributed by atoms with Crippen molar-refractivity contribution in [2.24, 2.45) is 5.10 Å².